The van der Waals surface area contributed by atoms with E-state index in [1.54, 1.807) is 27.1 Å². The molecule has 0 spiro atoms. The first kappa shape index (κ1) is 47.0. The van der Waals surface area contributed by atoms with E-state index in [1.165, 1.54) is 18.5 Å². The highest BCUT2D eigenvalue weighted by atomic mass is 19.1. The predicted molar refractivity (Wildman–Crippen MR) is 262 cm³/mol. The fourth-order valence-electron chi connectivity index (χ4n) is 12.1. The highest BCUT2D eigenvalue weighted by Crippen LogP contribution is 2.63. The number of nitrogens with zero attached hydrogens (tertiary/aromatic N) is 12. The summed E-state index contributed by atoms with van der Waals surface area (Å²) in [5.74, 6) is 0.206. The van der Waals surface area contributed by atoms with Crippen molar-refractivity contribution in [2.75, 3.05) is 92.9 Å². The Morgan fingerprint density at radius 1 is 0.863 bits per heavy atom. The van der Waals surface area contributed by atoms with Crippen LogP contribution in [-0.2, 0) is 24.7 Å². The third-order valence-corrected chi connectivity index (χ3v) is 16.8. The number of aromatic nitrogens is 7. The number of likely N-dealkylation sites (tertiary alicyclic amines) is 1. The summed E-state index contributed by atoms with van der Waals surface area (Å²) in [5, 5.41) is 15.4. The fraction of sp³-hybridized carbons (Fsp3) is 0.560. The van der Waals surface area contributed by atoms with Crippen LogP contribution in [0.25, 0.3) is 33.8 Å². The first-order valence-corrected chi connectivity index (χ1v) is 25.6. The van der Waals surface area contributed by atoms with Gasteiger partial charge in [-0.05, 0) is 89.2 Å². The molecule has 4 aromatic heterocycles. The Bertz CT molecular complexity index is 2950. The number of carbonyl (C=O) groups excluding carboxylic acids is 4. The third kappa shape index (κ3) is 8.51. The smallest absolute Gasteiger partial charge is 0.410 e. The molecule has 1 aromatic carbocycles. The van der Waals surface area contributed by atoms with E-state index in [2.05, 4.69) is 49.4 Å². The molecule has 0 radical (unpaired) electrons. The molecular formula is C50H59F2N15O6. The zero-order chi connectivity index (χ0) is 50.3. The van der Waals surface area contributed by atoms with E-state index >= 15 is 8.78 Å². The summed E-state index contributed by atoms with van der Waals surface area (Å²) in [7, 11) is 0. The second-order valence-electron chi connectivity index (χ2n) is 21.5. The lowest BCUT2D eigenvalue weighted by Crippen LogP contribution is -2.59. The van der Waals surface area contributed by atoms with Gasteiger partial charge in [-0.2, -0.15) is 5.10 Å². The first-order valence-electron chi connectivity index (χ1n) is 25.6. The minimum absolute atomic E-state index is 0.0424. The Morgan fingerprint density at radius 3 is 2.19 bits per heavy atom. The number of carbonyl (C=O) groups is 4. The van der Waals surface area contributed by atoms with Crippen molar-refractivity contribution in [1.29, 1.82) is 0 Å². The molecule has 8 heterocycles. The van der Waals surface area contributed by atoms with Gasteiger partial charge in [-0.1, -0.05) is 5.16 Å². The summed E-state index contributed by atoms with van der Waals surface area (Å²) in [5.41, 5.74) is 9.54. The van der Waals surface area contributed by atoms with Crippen LogP contribution in [-0.4, -0.2) is 157 Å². The van der Waals surface area contributed by atoms with Crippen LogP contribution < -0.4 is 26.2 Å². The number of fused-ring (bicyclic) bond motifs is 1. The van der Waals surface area contributed by atoms with E-state index < -0.39 is 29.7 Å². The fourth-order valence-corrected chi connectivity index (χ4v) is 12.1. The summed E-state index contributed by atoms with van der Waals surface area (Å²) in [6.07, 6.45) is 11.6. The number of nitrogens with two attached hydrogens (primary N) is 1. The summed E-state index contributed by atoms with van der Waals surface area (Å²) in [6, 6.07) is 1.63. The van der Waals surface area contributed by atoms with Gasteiger partial charge < -0.3 is 39.9 Å². The minimum Gasteiger partial charge on any atom is -0.439 e. The Kier molecular flexibility index (Phi) is 11.7. The number of imide groups is 1. The minimum atomic E-state index is -0.752. The Morgan fingerprint density at radius 2 is 1.55 bits per heavy atom. The molecule has 4 amide bonds. The van der Waals surface area contributed by atoms with E-state index in [0.717, 1.165) is 62.3 Å². The molecule has 4 N–H and O–H groups in total. The van der Waals surface area contributed by atoms with E-state index in [0.29, 0.717) is 105 Å². The molecule has 4 aliphatic heterocycles. The van der Waals surface area contributed by atoms with Crippen LogP contribution in [0.3, 0.4) is 0 Å². The summed E-state index contributed by atoms with van der Waals surface area (Å²) in [4.78, 5) is 78.4. The maximum Gasteiger partial charge on any atom is 0.410 e. The van der Waals surface area contributed by atoms with Crippen molar-refractivity contribution >= 4 is 57.7 Å². The number of benzene rings is 1. The number of hydrogen-bond donors (Lipinski definition) is 3. The van der Waals surface area contributed by atoms with Gasteiger partial charge in [-0.25, -0.2) is 38.2 Å². The van der Waals surface area contributed by atoms with Crippen molar-refractivity contribution in [2.24, 2.45) is 11.8 Å². The Hall–Kier alpha value is -7.04. The van der Waals surface area contributed by atoms with Crippen LogP contribution in [0.5, 0.6) is 0 Å². The van der Waals surface area contributed by atoms with E-state index in [-0.39, 0.29) is 65.6 Å². The molecule has 4 saturated heterocycles. The number of amides is 4. The molecule has 8 fully saturated rings. The van der Waals surface area contributed by atoms with Gasteiger partial charge in [0.15, 0.2) is 35.5 Å². The van der Waals surface area contributed by atoms with Gasteiger partial charge >= 0.3 is 6.09 Å². The average Bonchev–Trinajstić information content (AvgIpc) is 4.00. The van der Waals surface area contributed by atoms with Crippen LogP contribution >= 0.6 is 0 Å². The molecule has 1 unspecified atom stereocenters. The molecule has 2 bridgehead atoms. The number of nitrogen functional groups attached to an aromatic ring is 1. The average molecular weight is 1000 g/mol. The topological polar surface area (TPSA) is 239 Å². The molecule has 384 valence electrons. The lowest BCUT2D eigenvalue weighted by Gasteiger charge is -2.61. The number of nitrogens with one attached hydrogen (secondary N) is 2. The third-order valence-electron chi connectivity index (χ3n) is 16.8. The monoisotopic (exact) mass is 1000 g/mol. The molecule has 8 aliphatic rings. The van der Waals surface area contributed by atoms with Crippen molar-refractivity contribution < 1.29 is 37.2 Å². The Labute approximate surface area is 419 Å². The molecule has 4 saturated carbocycles. The number of piperazine rings is 2. The van der Waals surface area contributed by atoms with Crippen molar-refractivity contribution in [3.63, 3.8) is 0 Å². The molecule has 1 atom stereocenters. The molecule has 13 rings (SSSR count). The number of halogens is 2. The molecule has 73 heavy (non-hydrogen) atoms. The molecule has 21 nitrogen and oxygen atoms in total. The maximum absolute atomic E-state index is 15.4. The zero-order valence-corrected chi connectivity index (χ0v) is 41.0. The quantitative estimate of drug-likeness (QED) is 0.146. The van der Waals surface area contributed by atoms with Crippen LogP contribution in [0.1, 0.15) is 83.3 Å². The lowest BCUT2D eigenvalue weighted by atomic mass is 9.50. The van der Waals surface area contributed by atoms with Crippen LogP contribution in [0.2, 0.25) is 0 Å². The molecular weight excluding hydrogens is 945 g/mol. The zero-order valence-electron chi connectivity index (χ0n) is 41.0. The Balaban J connectivity index is 0.606. The number of ether oxygens (including phenoxy) is 1. The second kappa shape index (κ2) is 18.2. The van der Waals surface area contributed by atoms with Gasteiger partial charge in [0, 0.05) is 89.0 Å². The maximum atomic E-state index is 15.4. The number of piperidine rings is 2. The van der Waals surface area contributed by atoms with Gasteiger partial charge in [0.25, 0.3) is 5.91 Å². The largest absolute Gasteiger partial charge is 0.439 e. The van der Waals surface area contributed by atoms with Crippen molar-refractivity contribution in [2.45, 2.75) is 94.7 Å². The number of anilines is 4. The standard InChI is InChI=1S/C50H59F2N15O6/c1-49(2,66-17-15-64(16-18-66)42-33(51)19-31(20-34(42)52)58-35-5-6-36(68)59-47(35)70)30-7-9-63(10-8-30)37(69)26-72-48(71)65-13-11-62(12-14-65)32-24-54-45(55-25-32)38-41(61-73-43(38)29-3-4-29)40-39-44(53)56-27-57-46(39)67(60-40)50-21-28(22-50)23-50/h19-20,24-25,27-30,35,58H,3-18,21-23,26H2,1-2H3,(H2,53,56,57)(H,59,68,70). The highest BCUT2D eigenvalue weighted by molar-refractivity contribution is 6.02. The normalized spacial score (nSPS) is 23.8. The predicted octanol–water partition coefficient (Wildman–Crippen LogP) is 4.50. The van der Waals surface area contributed by atoms with Crippen molar-refractivity contribution in [1.82, 2.24) is 54.9 Å². The van der Waals surface area contributed by atoms with Gasteiger partial charge in [-0.15, -0.1) is 0 Å². The van der Waals surface area contributed by atoms with Gasteiger partial charge in [-0.3, -0.25) is 24.6 Å². The van der Waals surface area contributed by atoms with Crippen LogP contribution in [0.4, 0.5) is 36.5 Å². The van der Waals surface area contributed by atoms with Crippen LogP contribution in [0, 0.1) is 23.5 Å². The lowest BCUT2D eigenvalue weighted by molar-refractivity contribution is -0.137. The van der Waals surface area contributed by atoms with E-state index in [1.807, 2.05) is 4.68 Å². The summed E-state index contributed by atoms with van der Waals surface area (Å²) in [6.45, 7) is 8.97. The summed E-state index contributed by atoms with van der Waals surface area (Å²) < 4.78 is 44.4. The second-order valence-corrected chi connectivity index (χ2v) is 21.5. The number of rotatable bonds is 12. The van der Waals surface area contributed by atoms with Gasteiger partial charge in [0.2, 0.25) is 11.8 Å². The molecule has 5 aromatic rings. The first-order chi connectivity index (χ1) is 35.2. The van der Waals surface area contributed by atoms with Crippen molar-refractivity contribution in [3.8, 4) is 22.8 Å². The number of hydrogen-bond acceptors (Lipinski definition) is 17. The van der Waals surface area contributed by atoms with Crippen LogP contribution in [0.15, 0.2) is 35.4 Å². The molecule has 4 aliphatic carbocycles. The highest BCUT2D eigenvalue weighted by Gasteiger charge is 2.59. The van der Waals surface area contributed by atoms with E-state index in [9.17, 15) is 19.2 Å². The summed E-state index contributed by atoms with van der Waals surface area (Å²) >= 11 is 0. The van der Waals surface area contributed by atoms with Gasteiger partial charge in [0.05, 0.1) is 34.6 Å². The van der Waals surface area contributed by atoms with Crippen molar-refractivity contribution in [3.05, 3.63) is 48.2 Å². The van der Waals surface area contributed by atoms with E-state index in [4.69, 9.17) is 30.1 Å². The SMILES string of the molecule is CC(C)(C1CCN(C(=O)COC(=O)N2CCN(c3cnc(-c4c(-c5nn(C67CC(C6)C7)c6ncnc(N)c56)noc4C4CC4)nc3)CC2)CC1)N1CCN(c2c(F)cc(NC3CCC(=O)NC3=O)cc2F)CC1. The van der Waals surface area contributed by atoms with Gasteiger partial charge in [0.1, 0.15) is 35.3 Å². The molecule has 23 heteroatoms.